The van der Waals surface area contributed by atoms with Crippen molar-refractivity contribution in [1.29, 1.82) is 0 Å². The van der Waals surface area contributed by atoms with Crippen LogP contribution < -0.4 is 0 Å². The summed E-state index contributed by atoms with van der Waals surface area (Å²) in [4.78, 5) is 9.70. The van der Waals surface area contributed by atoms with Gasteiger partial charge in [-0.3, -0.25) is 9.55 Å². The van der Waals surface area contributed by atoms with Crippen molar-refractivity contribution in [3.05, 3.63) is 168 Å². The van der Waals surface area contributed by atoms with E-state index in [1.807, 2.05) is 124 Å². The highest BCUT2D eigenvalue weighted by Crippen LogP contribution is 2.42. The summed E-state index contributed by atoms with van der Waals surface area (Å²) in [6, 6.07) is 30.1. The van der Waals surface area contributed by atoms with Gasteiger partial charge in [0.1, 0.15) is 11.6 Å². The number of rotatable bonds is 7. The lowest BCUT2D eigenvalue weighted by Gasteiger charge is -2.22. The van der Waals surface area contributed by atoms with Crippen LogP contribution in [0.2, 0.25) is 0 Å². The Morgan fingerprint density at radius 3 is 2.19 bits per heavy atom. The Morgan fingerprint density at radius 2 is 1.44 bits per heavy atom. The van der Waals surface area contributed by atoms with Gasteiger partial charge in [-0.1, -0.05) is 131 Å². The van der Waals surface area contributed by atoms with E-state index in [1.165, 1.54) is 0 Å². The monoisotopic (exact) mass is 714 g/mol. The predicted octanol–water partition coefficient (Wildman–Crippen LogP) is 13.2. The molecule has 0 saturated heterocycles. The van der Waals surface area contributed by atoms with E-state index in [-0.39, 0.29) is 17.0 Å². The SMILES string of the molecule is [2H]c1nc(-c2cc(-c3cccc4c3nc(-c3ccccc3O)n4-c3ccc(C([2H])(C)C)cc3-c3ccccc3)cc(C(C)(C)C)c2)c([2H])c(-c2c([2H])c([2H])c(C([2H])([2H])[2H])c([2H])c2[2H])c1[2H]. The van der Waals surface area contributed by atoms with Crippen molar-refractivity contribution in [2.75, 3.05) is 0 Å². The van der Waals surface area contributed by atoms with E-state index >= 15 is 0 Å². The fourth-order valence-electron chi connectivity index (χ4n) is 6.68. The van der Waals surface area contributed by atoms with Crippen molar-refractivity contribution >= 4 is 11.0 Å². The summed E-state index contributed by atoms with van der Waals surface area (Å²) in [6.07, 6.45) is -0.576. The molecule has 266 valence electrons. The summed E-state index contributed by atoms with van der Waals surface area (Å²) in [6.45, 7) is 6.79. The molecule has 2 aromatic heterocycles. The van der Waals surface area contributed by atoms with Crippen LogP contribution in [0, 0.1) is 6.85 Å². The number of hydrogen-bond acceptors (Lipinski definition) is 3. The lowest BCUT2D eigenvalue weighted by molar-refractivity contribution is 0.477. The number of para-hydroxylation sites is 2. The molecule has 0 aliphatic heterocycles. The topological polar surface area (TPSA) is 50.9 Å². The van der Waals surface area contributed by atoms with Crippen molar-refractivity contribution < 1.29 is 20.2 Å². The van der Waals surface area contributed by atoms with E-state index in [0.717, 1.165) is 27.9 Å². The molecule has 8 aromatic rings. The van der Waals surface area contributed by atoms with Crippen LogP contribution in [0.5, 0.6) is 5.75 Å². The zero-order valence-electron chi connectivity index (χ0n) is 41.7. The molecule has 2 heterocycles. The smallest absolute Gasteiger partial charge is 0.149 e. The molecule has 4 heteroatoms. The second-order valence-corrected chi connectivity index (χ2v) is 14.6. The molecule has 0 radical (unpaired) electrons. The third-order valence-corrected chi connectivity index (χ3v) is 9.58. The van der Waals surface area contributed by atoms with E-state index < -0.39 is 71.7 Å². The zero-order valence-corrected chi connectivity index (χ0v) is 30.7. The maximum absolute atomic E-state index is 11.4. The molecule has 6 aromatic carbocycles. The Bertz CT molecular complexity index is 3170. The Labute approximate surface area is 333 Å². The summed E-state index contributed by atoms with van der Waals surface area (Å²) in [5.41, 5.74) is 5.51. The Kier molecular flexibility index (Phi) is 6.23. The first-order valence-corrected chi connectivity index (χ1v) is 17.7. The molecule has 0 spiro atoms. The van der Waals surface area contributed by atoms with Crippen LogP contribution in [-0.2, 0) is 5.41 Å². The molecule has 4 nitrogen and oxygen atoms in total. The van der Waals surface area contributed by atoms with Gasteiger partial charge in [-0.05, 0) is 106 Å². The van der Waals surface area contributed by atoms with Gasteiger partial charge in [0.15, 0.2) is 0 Å². The van der Waals surface area contributed by atoms with E-state index in [4.69, 9.17) is 18.7 Å². The summed E-state index contributed by atoms with van der Waals surface area (Å²) in [5.74, 6) is -0.413. The molecule has 0 aliphatic carbocycles. The van der Waals surface area contributed by atoms with Crippen molar-refractivity contribution in [2.45, 2.75) is 52.8 Å². The van der Waals surface area contributed by atoms with Crippen LogP contribution in [-0.4, -0.2) is 19.6 Å². The summed E-state index contributed by atoms with van der Waals surface area (Å²) in [7, 11) is 0. The maximum atomic E-state index is 11.4. The van der Waals surface area contributed by atoms with Gasteiger partial charge in [0.05, 0.1) is 37.6 Å². The highest BCUT2D eigenvalue weighted by Gasteiger charge is 2.24. The number of nitrogens with zero attached hydrogens (tertiary/aromatic N) is 3. The van der Waals surface area contributed by atoms with Gasteiger partial charge in [0.2, 0.25) is 0 Å². The molecule has 54 heavy (non-hydrogen) atoms. The van der Waals surface area contributed by atoms with Gasteiger partial charge in [0, 0.05) is 28.3 Å². The molecular weight excluding hydrogens is 659 g/mol. The first-order valence-electron chi connectivity index (χ1n) is 23.2. The molecule has 0 aliphatic rings. The molecule has 0 saturated carbocycles. The van der Waals surface area contributed by atoms with Gasteiger partial charge < -0.3 is 5.11 Å². The molecule has 0 amide bonds. The van der Waals surface area contributed by atoms with Crippen LogP contribution in [0.1, 0.15) is 72.3 Å². The Balaban J connectivity index is 1.42. The van der Waals surface area contributed by atoms with Crippen molar-refractivity contribution in [2.24, 2.45) is 0 Å². The minimum Gasteiger partial charge on any atom is -0.507 e. The molecule has 8 rings (SSSR count). The second-order valence-electron chi connectivity index (χ2n) is 14.6. The van der Waals surface area contributed by atoms with Crippen LogP contribution >= 0.6 is 0 Å². The summed E-state index contributed by atoms with van der Waals surface area (Å²) < 4.78 is 96.3. The average Bonchev–Trinajstić information content (AvgIpc) is 3.64. The normalized spacial score (nSPS) is 15.1. The maximum Gasteiger partial charge on any atom is 0.149 e. The van der Waals surface area contributed by atoms with E-state index in [1.54, 1.807) is 24.3 Å². The fourth-order valence-corrected chi connectivity index (χ4v) is 6.68. The minimum absolute atomic E-state index is 0.0245. The van der Waals surface area contributed by atoms with Gasteiger partial charge >= 0.3 is 0 Å². The van der Waals surface area contributed by atoms with Crippen LogP contribution in [0.15, 0.2) is 152 Å². The lowest BCUT2D eigenvalue weighted by Crippen LogP contribution is -2.11. The van der Waals surface area contributed by atoms with Crippen molar-refractivity contribution in [3.8, 4) is 67.5 Å². The molecule has 0 fully saturated rings. The van der Waals surface area contributed by atoms with Gasteiger partial charge in [-0.15, -0.1) is 0 Å². The number of aromatic nitrogens is 3. The summed E-state index contributed by atoms with van der Waals surface area (Å²) >= 11 is 0. The third-order valence-electron chi connectivity index (χ3n) is 9.58. The van der Waals surface area contributed by atoms with E-state index in [2.05, 4.69) is 4.98 Å². The fraction of sp³-hybridized carbons (Fsp3) is 0.160. The first-order chi connectivity index (χ1) is 30.5. The number of aromatic hydroxyl groups is 1. The molecule has 0 atom stereocenters. The van der Waals surface area contributed by atoms with E-state index in [9.17, 15) is 6.48 Å². The average molecular weight is 715 g/mol. The molecular formula is C50H45N3O. The third kappa shape index (κ3) is 6.60. The van der Waals surface area contributed by atoms with Crippen LogP contribution in [0.25, 0.3) is 72.7 Å². The second kappa shape index (κ2) is 13.9. The highest BCUT2D eigenvalue weighted by atomic mass is 16.3. The van der Waals surface area contributed by atoms with Crippen molar-refractivity contribution in [1.82, 2.24) is 14.5 Å². The number of hydrogen-bond donors (Lipinski definition) is 1. The Morgan fingerprint density at radius 1 is 0.704 bits per heavy atom. The lowest BCUT2D eigenvalue weighted by atomic mass is 9.83. The number of phenolic OH excluding ortho intramolecular Hbond substituents is 1. The standard InChI is InChI=1S/C50H45N3O/c1-32(2)36-23-24-45(43(30-36)35-13-8-7-9-14-35)53-46-17-12-16-41(48(46)52-49(53)42-15-10-11-18-47(42)54)38-27-39(29-40(28-38)50(4,5)6)44-31-37(25-26-51-44)34-21-19-33(3)20-22-34/h7-32,54H,1-6H3/i3D3,19D,20D,21D,22D,25D,26D,31D,32D. The largest absolute Gasteiger partial charge is 0.507 e. The van der Waals surface area contributed by atoms with E-state index in [0.29, 0.717) is 39.1 Å². The molecule has 1 N–H and O–H groups in total. The highest BCUT2D eigenvalue weighted by molar-refractivity contribution is 5.97. The van der Waals surface area contributed by atoms with Gasteiger partial charge in [-0.2, -0.15) is 0 Å². The van der Waals surface area contributed by atoms with Crippen LogP contribution in [0.4, 0.5) is 0 Å². The zero-order chi connectivity index (χ0) is 47.1. The molecule has 0 unspecified atom stereocenters. The Hall–Kier alpha value is -6.26. The van der Waals surface area contributed by atoms with Gasteiger partial charge in [-0.25, -0.2) is 4.98 Å². The first kappa shape index (κ1) is 24.1. The molecule has 0 bridgehead atoms. The summed E-state index contributed by atoms with van der Waals surface area (Å²) in [5, 5.41) is 11.4. The number of imidazole rings is 1. The number of phenols is 1. The van der Waals surface area contributed by atoms with Crippen molar-refractivity contribution in [3.63, 3.8) is 0 Å². The number of pyridine rings is 1. The van der Waals surface area contributed by atoms with Gasteiger partial charge in [0.25, 0.3) is 0 Å². The van der Waals surface area contributed by atoms with Crippen LogP contribution in [0.3, 0.4) is 0 Å². The number of fused-ring (bicyclic) bond motifs is 1. The minimum atomic E-state index is -2.96. The predicted molar refractivity (Wildman–Crippen MR) is 225 cm³/mol. The number of benzene rings is 6. The quantitative estimate of drug-likeness (QED) is 0.179.